The van der Waals surface area contributed by atoms with Crippen molar-refractivity contribution >= 4 is 50.4 Å². The summed E-state index contributed by atoms with van der Waals surface area (Å²) in [7, 11) is 4.11. The van der Waals surface area contributed by atoms with E-state index in [9.17, 15) is 9.59 Å². The van der Waals surface area contributed by atoms with Crippen LogP contribution in [0.4, 0.5) is 5.69 Å². The van der Waals surface area contributed by atoms with Crippen molar-refractivity contribution in [2.45, 2.75) is 127 Å². The van der Waals surface area contributed by atoms with Crippen LogP contribution in [-0.4, -0.2) is 63.7 Å². The molecule has 0 atom stereocenters. The summed E-state index contributed by atoms with van der Waals surface area (Å²) < 4.78 is 24.1. The molecule has 2 saturated heterocycles. The summed E-state index contributed by atoms with van der Waals surface area (Å²) in [6.07, 6.45) is 4.63. The smallest absolute Gasteiger partial charge is 0.169 e. The van der Waals surface area contributed by atoms with Crippen LogP contribution in [0.15, 0.2) is 48.5 Å². The zero-order valence-electron chi connectivity index (χ0n) is 38.3. The quantitative estimate of drug-likeness (QED) is 0.190. The SMILES string of the molecule is CC1(C)OCC2(CO1)Cc1cc3c(Cl)cccc3c(C(=O)C(C)(C)C)c1C2.CCC.CN(C)c1cccc2c(C(=O)C(C)(C)C)c3c(cc12)CC1(COC(C)(C)OC1)C3. The number of hydrogen-bond acceptors (Lipinski definition) is 7. The van der Waals surface area contributed by atoms with Gasteiger partial charge in [-0.15, -0.1) is 0 Å². The molecule has 59 heavy (non-hydrogen) atoms. The largest absolute Gasteiger partial charge is 0.377 e. The van der Waals surface area contributed by atoms with Gasteiger partial charge in [0, 0.05) is 68.4 Å². The summed E-state index contributed by atoms with van der Waals surface area (Å²) in [5, 5.41) is 4.82. The second-order valence-corrected chi connectivity index (χ2v) is 21.3. The summed E-state index contributed by atoms with van der Waals surface area (Å²) in [5.74, 6) is -0.697. The van der Waals surface area contributed by atoms with Gasteiger partial charge in [-0.2, -0.15) is 0 Å². The first-order valence-corrected chi connectivity index (χ1v) is 21.9. The lowest BCUT2D eigenvalue weighted by molar-refractivity contribution is -0.284. The molecule has 0 bridgehead atoms. The molecular formula is C51H68ClNO6. The van der Waals surface area contributed by atoms with Gasteiger partial charge in [0.2, 0.25) is 0 Å². The number of nitrogens with zero attached hydrogens (tertiary/aromatic N) is 1. The lowest BCUT2D eigenvalue weighted by Crippen LogP contribution is -2.47. The summed E-state index contributed by atoms with van der Waals surface area (Å²) in [5.41, 5.74) is 6.61. The second-order valence-electron chi connectivity index (χ2n) is 20.9. The Morgan fingerprint density at radius 3 is 1.37 bits per heavy atom. The van der Waals surface area contributed by atoms with Gasteiger partial charge in [0.25, 0.3) is 0 Å². The maximum absolute atomic E-state index is 13.6. The van der Waals surface area contributed by atoms with E-state index in [-0.39, 0.29) is 22.4 Å². The first-order valence-electron chi connectivity index (χ1n) is 21.5. The molecule has 2 fully saturated rings. The minimum atomic E-state index is -0.544. The van der Waals surface area contributed by atoms with E-state index in [1.165, 1.54) is 23.1 Å². The topological polar surface area (TPSA) is 74.3 Å². The molecule has 2 spiro atoms. The van der Waals surface area contributed by atoms with Gasteiger partial charge in [-0.25, -0.2) is 0 Å². The first kappa shape index (κ1) is 45.2. The summed E-state index contributed by atoms with van der Waals surface area (Å²) in [4.78, 5) is 29.2. The first-order chi connectivity index (χ1) is 27.4. The fourth-order valence-corrected chi connectivity index (χ4v) is 9.17. The van der Waals surface area contributed by atoms with Crippen LogP contribution in [0.1, 0.15) is 132 Å². The molecule has 320 valence electrons. The molecular weight excluding hydrogens is 758 g/mol. The minimum Gasteiger partial charge on any atom is -0.377 e. The number of carbonyl (C=O) groups excluding carboxylic acids is 2. The third-order valence-electron chi connectivity index (χ3n) is 12.1. The fourth-order valence-electron chi connectivity index (χ4n) is 8.94. The molecule has 0 saturated carbocycles. The molecule has 2 aliphatic carbocycles. The predicted molar refractivity (Wildman–Crippen MR) is 242 cm³/mol. The Labute approximate surface area is 358 Å². The fraction of sp³-hybridized carbons (Fsp3) is 0.569. The number of halogens is 1. The molecule has 4 aromatic rings. The Morgan fingerprint density at radius 2 is 0.983 bits per heavy atom. The van der Waals surface area contributed by atoms with E-state index in [0.29, 0.717) is 31.5 Å². The Bertz CT molecular complexity index is 2240. The van der Waals surface area contributed by atoms with E-state index in [4.69, 9.17) is 30.5 Å². The monoisotopic (exact) mass is 825 g/mol. The lowest BCUT2D eigenvalue weighted by Gasteiger charge is -2.41. The maximum atomic E-state index is 13.6. The van der Waals surface area contributed by atoms with Gasteiger partial charge in [0.05, 0.1) is 26.4 Å². The molecule has 8 heteroatoms. The number of carbonyl (C=O) groups is 2. The third kappa shape index (κ3) is 9.16. The molecule has 4 aliphatic rings. The third-order valence-corrected chi connectivity index (χ3v) is 12.5. The number of ether oxygens (including phenoxy) is 4. The van der Waals surface area contributed by atoms with Gasteiger partial charge >= 0.3 is 0 Å². The maximum Gasteiger partial charge on any atom is 0.169 e. The highest BCUT2D eigenvalue weighted by Crippen LogP contribution is 2.49. The van der Waals surface area contributed by atoms with Crippen LogP contribution in [0, 0.1) is 21.7 Å². The number of Topliss-reactive ketones (excluding diaryl/α,β-unsaturated/α-hetero) is 2. The van der Waals surface area contributed by atoms with Crippen molar-refractivity contribution in [1.29, 1.82) is 0 Å². The minimum absolute atomic E-state index is 0.0829. The highest BCUT2D eigenvalue weighted by atomic mass is 35.5. The van der Waals surface area contributed by atoms with Gasteiger partial charge < -0.3 is 23.8 Å². The predicted octanol–water partition coefficient (Wildman–Crippen LogP) is 12.0. The molecule has 8 rings (SSSR count). The second kappa shape index (κ2) is 16.2. The van der Waals surface area contributed by atoms with Crippen molar-refractivity contribution in [2.24, 2.45) is 21.7 Å². The average molecular weight is 827 g/mol. The van der Waals surface area contributed by atoms with Gasteiger partial charge in [-0.3, -0.25) is 9.59 Å². The highest BCUT2D eigenvalue weighted by molar-refractivity contribution is 6.36. The van der Waals surface area contributed by atoms with E-state index in [1.807, 2.05) is 87.4 Å². The summed E-state index contributed by atoms with van der Waals surface area (Å²) >= 11 is 6.50. The number of benzene rings is 4. The Morgan fingerprint density at radius 1 is 0.610 bits per heavy atom. The molecule has 0 N–H and O–H groups in total. The van der Waals surface area contributed by atoms with Crippen molar-refractivity contribution in [3.8, 4) is 0 Å². The number of ketones is 2. The summed E-state index contributed by atoms with van der Waals surface area (Å²) in [6, 6.07) is 16.6. The molecule has 4 aromatic carbocycles. The lowest BCUT2D eigenvalue weighted by atomic mass is 9.80. The summed E-state index contributed by atoms with van der Waals surface area (Å²) in [6.45, 7) is 26.6. The number of hydrogen-bond donors (Lipinski definition) is 0. The molecule has 0 radical (unpaired) electrons. The van der Waals surface area contributed by atoms with Crippen molar-refractivity contribution in [2.75, 3.05) is 45.4 Å². The van der Waals surface area contributed by atoms with Crippen molar-refractivity contribution < 1.29 is 28.5 Å². The van der Waals surface area contributed by atoms with Crippen LogP contribution in [0.25, 0.3) is 21.5 Å². The standard InChI is InChI=1S/C25H33NO3.C23H27ClO3.C3H8/c1-23(2,3)22(27)21-17-9-8-10-20(26(6)7)18(17)11-16-12-25(13-19(16)21)14-28-24(4,5)29-15-25;1-21(2,3)20(25)19-15-7-6-8-18(24)16(15)9-14-10-23(11-17(14)19)12-26-22(4,5)27-13-23;1-3-2/h8-11H,12-15H2,1-7H3;6-9H,10-13H2,1-5H3;3H2,1-2H3. The Hall–Kier alpha value is -3.33. The van der Waals surface area contributed by atoms with E-state index in [1.54, 1.807) is 0 Å². The Balaban J connectivity index is 0.000000187. The van der Waals surface area contributed by atoms with E-state index >= 15 is 0 Å². The van der Waals surface area contributed by atoms with Gasteiger partial charge in [0.1, 0.15) is 0 Å². The number of anilines is 1. The molecule has 7 nitrogen and oxygen atoms in total. The molecule has 2 heterocycles. The molecule has 0 amide bonds. The molecule has 0 unspecified atom stereocenters. The van der Waals surface area contributed by atoms with Crippen LogP contribution in [0.5, 0.6) is 0 Å². The van der Waals surface area contributed by atoms with Crippen LogP contribution < -0.4 is 4.90 Å². The highest BCUT2D eigenvalue weighted by Gasteiger charge is 2.48. The average Bonchev–Trinajstić information content (AvgIpc) is 3.69. The van der Waals surface area contributed by atoms with E-state index in [2.05, 4.69) is 63.2 Å². The van der Waals surface area contributed by atoms with E-state index in [0.717, 1.165) is 69.6 Å². The van der Waals surface area contributed by atoms with Crippen LogP contribution in [0.2, 0.25) is 5.02 Å². The Kier molecular flexibility index (Phi) is 12.4. The number of rotatable bonds is 3. The normalized spacial score (nSPS) is 19.7. The van der Waals surface area contributed by atoms with E-state index < -0.39 is 22.4 Å². The van der Waals surface area contributed by atoms with Crippen molar-refractivity contribution in [3.05, 3.63) is 86.9 Å². The number of fused-ring (bicyclic) bond motifs is 4. The molecule has 2 aliphatic heterocycles. The van der Waals surface area contributed by atoms with Crippen LogP contribution >= 0.6 is 11.6 Å². The van der Waals surface area contributed by atoms with Crippen LogP contribution in [-0.2, 0) is 44.6 Å². The van der Waals surface area contributed by atoms with Crippen LogP contribution in [0.3, 0.4) is 0 Å². The zero-order valence-corrected chi connectivity index (χ0v) is 39.0. The van der Waals surface area contributed by atoms with Crippen molar-refractivity contribution in [1.82, 2.24) is 0 Å². The van der Waals surface area contributed by atoms with Gasteiger partial charge in [0.15, 0.2) is 23.1 Å². The molecule has 0 aromatic heterocycles. The van der Waals surface area contributed by atoms with Crippen molar-refractivity contribution in [3.63, 3.8) is 0 Å². The zero-order chi connectivity index (χ0) is 43.5. The van der Waals surface area contributed by atoms with Gasteiger partial charge in [-0.1, -0.05) is 97.7 Å². The van der Waals surface area contributed by atoms with Gasteiger partial charge in [-0.05, 0) is 111 Å².